The van der Waals surface area contributed by atoms with Gasteiger partial charge in [0.25, 0.3) is 0 Å². The molecule has 0 radical (unpaired) electrons. The minimum absolute atomic E-state index is 0.318. The first-order valence-electron chi connectivity index (χ1n) is 9.08. The SMILES string of the molecule is CC(C)c1nc2n(n1)C[C@H](NC[C@H](O)COCc1ccccc1)CC2. The molecule has 3 rings (SSSR count). The maximum Gasteiger partial charge on any atom is 0.153 e. The van der Waals surface area contributed by atoms with Gasteiger partial charge in [0.05, 0.1) is 25.9 Å². The molecular formula is C19H28N4O2. The largest absolute Gasteiger partial charge is 0.389 e. The second kappa shape index (κ2) is 8.56. The first-order chi connectivity index (χ1) is 12.1. The van der Waals surface area contributed by atoms with Gasteiger partial charge in [-0.05, 0) is 12.0 Å². The lowest BCUT2D eigenvalue weighted by atomic mass is 10.1. The van der Waals surface area contributed by atoms with Crippen molar-refractivity contribution in [2.45, 2.75) is 57.9 Å². The molecular weight excluding hydrogens is 316 g/mol. The fraction of sp³-hybridized carbons (Fsp3) is 0.579. The van der Waals surface area contributed by atoms with Crippen molar-refractivity contribution in [3.05, 3.63) is 47.5 Å². The van der Waals surface area contributed by atoms with Gasteiger partial charge < -0.3 is 15.2 Å². The molecule has 1 aliphatic heterocycles. The van der Waals surface area contributed by atoms with Crippen molar-refractivity contribution < 1.29 is 9.84 Å². The Morgan fingerprint density at radius 3 is 2.88 bits per heavy atom. The molecule has 1 aliphatic rings. The summed E-state index contributed by atoms with van der Waals surface area (Å²) in [5.41, 5.74) is 1.12. The van der Waals surface area contributed by atoms with E-state index in [2.05, 4.69) is 29.2 Å². The van der Waals surface area contributed by atoms with Gasteiger partial charge in [0.2, 0.25) is 0 Å². The average molecular weight is 344 g/mol. The molecule has 0 unspecified atom stereocenters. The van der Waals surface area contributed by atoms with Gasteiger partial charge in [-0.3, -0.25) is 0 Å². The molecule has 0 amide bonds. The molecule has 136 valence electrons. The van der Waals surface area contributed by atoms with E-state index in [-0.39, 0.29) is 0 Å². The third-order valence-electron chi connectivity index (χ3n) is 4.45. The van der Waals surface area contributed by atoms with Crippen molar-refractivity contribution in [3.63, 3.8) is 0 Å². The second-order valence-electron chi connectivity index (χ2n) is 7.02. The molecule has 2 aromatic rings. The maximum atomic E-state index is 10.1. The van der Waals surface area contributed by atoms with E-state index >= 15 is 0 Å². The number of aliphatic hydroxyl groups excluding tert-OH is 1. The van der Waals surface area contributed by atoms with E-state index in [9.17, 15) is 5.11 Å². The first kappa shape index (κ1) is 18.0. The Morgan fingerprint density at radius 2 is 2.12 bits per heavy atom. The zero-order chi connectivity index (χ0) is 17.6. The molecule has 0 fully saturated rings. The van der Waals surface area contributed by atoms with Gasteiger partial charge in [-0.25, -0.2) is 9.67 Å². The highest BCUT2D eigenvalue weighted by atomic mass is 16.5. The van der Waals surface area contributed by atoms with Gasteiger partial charge in [-0.2, -0.15) is 5.10 Å². The Labute approximate surface area is 149 Å². The molecule has 6 heteroatoms. The molecule has 1 aromatic carbocycles. The molecule has 0 saturated heterocycles. The zero-order valence-electron chi connectivity index (χ0n) is 15.1. The molecule has 2 N–H and O–H groups in total. The van der Waals surface area contributed by atoms with Crippen molar-refractivity contribution in [1.82, 2.24) is 20.1 Å². The van der Waals surface area contributed by atoms with Crippen LogP contribution in [0.3, 0.4) is 0 Å². The van der Waals surface area contributed by atoms with Gasteiger partial charge in [0.1, 0.15) is 5.82 Å². The second-order valence-corrected chi connectivity index (χ2v) is 7.02. The zero-order valence-corrected chi connectivity index (χ0v) is 15.1. The minimum Gasteiger partial charge on any atom is -0.389 e. The van der Waals surface area contributed by atoms with E-state index in [4.69, 9.17) is 4.74 Å². The normalized spacial score (nSPS) is 18.3. The average Bonchev–Trinajstić information content (AvgIpc) is 3.04. The number of nitrogens with one attached hydrogen (secondary N) is 1. The maximum absolute atomic E-state index is 10.1. The van der Waals surface area contributed by atoms with Crippen LogP contribution in [0, 0.1) is 0 Å². The van der Waals surface area contributed by atoms with E-state index < -0.39 is 6.10 Å². The van der Waals surface area contributed by atoms with Crippen LogP contribution >= 0.6 is 0 Å². The van der Waals surface area contributed by atoms with Crippen LogP contribution in [0.4, 0.5) is 0 Å². The summed E-state index contributed by atoms with van der Waals surface area (Å²) in [7, 11) is 0. The summed E-state index contributed by atoms with van der Waals surface area (Å²) < 4.78 is 7.60. The number of hydrogen-bond donors (Lipinski definition) is 2. The number of fused-ring (bicyclic) bond motifs is 1. The molecule has 2 heterocycles. The molecule has 0 bridgehead atoms. The quantitative estimate of drug-likeness (QED) is 0.765. The smallest absolute Gasteiger partial charge is 0.153 e. The summed E-state index contributed by atoms with van der Waals surface area (Å²) in [4.78, 5) is 4.60. The number of aryl methyl sites for hydroxylation is 1. The number of rotatable bonds is 8. The van der Waals surface area contributed by atoms with Crippen molar-refractivity contribution >= 4 is 0 Å². The van der Waals surface area contributed by atoms with E-state index in [1.807, 2.05) is 35.0 Å². The number of nitrogens with zero attached hydrogens (tertiary/aromatic N) is 3. The summed E-state index contributed by atoms with van der Waals surface area (Å²) in [5, 5.41) is 18.1. The van der Waals surface area contributed by atoms with Crippen LogP contribution in [0.15, 0.2) is 30.3 Å². The van der Waals surface area contributed by atoms with Crippen LogP contribution < -0.4 is 5.32 Å². The highest BCUT2D eigenvalue weighted by molar-refractivity contribution is 5.13. The molecule has 6 nitrogen and oxygen atoms in total. The summed E-state index contributed by atoms with van der Waals surface area (Å²) in [6.07, 6.45) is 1.44. The Hall–Kier alpha value is -1.76. The van der Waals surface area contributed by atoms with Crippen LogP contribution in [0.1, 0.15) is 43.4 Å². The van der Waals surface area contributed by atoms with Gasteiger partial charge in [-0.1, -0.05) is 44.2 Å². The lowest BCUT2D eigenvalue weighted by Gasteiger charge is -2.24. The van der Waals surface area contributed by atoms with Gasteiger partial charge in [0, 0.05) is 24.9 Å². The molecule has 0 spiro atoms. The Balaban J connectivity index is 1.38. The van der Waals surface area contributed by atoms with Gasteiger partial charge >= 0.3 is 0 Å². The Morgan fingerprint density at radius 1 is 1.32 bits per heavy atom. The highest BCUT2D eigenvalue weighted by Gasteiger charge is 2.22. The lowest BCUT2D eigenvalue weighted by Crippen LogP contribution is -2.42. The fourth-order valence-electron chi connectivity index (χ4n) is 2.99. The first-order valence-corrected chi connectivity index (χ1v) is 9.08. The van der Waals surface area contributed by atoms with Crippen LogP contribution in [-0.2, 0) is 24.3 Å². The van der Waals surface area contributed by atoms with Crippen LogP contribution in [0.5, 0.6) is 0 Å². The molecule has 1 aromatic heterocycles. The predicted octanol–water partition coefficient (Wildman–Crippen LogP) is 1.88. The molecule has 2 atom stereocenters. The van der Waals surface area contributed by atoms with E-state index in [0.717, 1.165) is 36.6 Å². The van der Waals surface area contributed by atoms with Crippen molar-refractivity contribution in [1.29, 1.82) is 0 Å². The summed E-state index contributed by atoms with van der Waals surface area (Å²) in [5.74, 6) is 2.35. The van der Waals surface area contributed by atoms with Crippen molar-refractivity contribution in [3.8, 4) is 0 Å². The Kier molecular flexibility index (Phi) is 6.18. The Bertz CT molecular complexity index is 657. The summed E-state index contributed by atoms with van der Waals surface area (Å²) >= 11 is 0. The topological polar surface area (TPSA) is 72.2 Å². The number of benzene rings is 1. The van der Waals surface area contributed by atoms with Crippen LogP contribution in [-0.4, -0.2) is 45.2 Å². The molecule has 0 saturated carbocycles. The lowest BCUT2D eigenvalue weighted by molar-refractivity contribution is 0.0269. The fourth-order valence-corrected chi connectivity index (χ4v) is 2.99. The van der Waals surface area contributed by atoms with Crippen LogP contribution in [0.25, 0.3) is 0 Å². The van der Waals surface area contributed by atoms with Gasteiger partial charge in [-0.15, -0.1) is 0 Å². The van der Waals surface area contributed by atoms with Gasteiger partial charge in [0.15, 0.2) is 5.82 Å². The number of aliphatic hydroxyl groups is 1. The highest BCUT2D eigenvalue weighted by Crippen LogP contribution is 2.16. The minimum atomic E-state index is -0.507. The number of ether oxygens (including phenoxy) is 1. The van der Waals surface area contributed by atoms with Crippen molar-refractivity contribution in [2.24, 2.45) is 0 Å². The number of aromatic nitrogens is 3. The van der Waals surface area contributed by atoms with E-state index in [0.29, 0.717) is 31.7 Å². The van der Waals surface area contributed by atoms with Crippen molar-refractivity contribution in [2.75, 3.05) is 13.2 Å². The standard InChI is InChI=1S/C19H28N4O2/c1-14(2)19-21-18-9-8-16(11-23(18)22-19)20-10-17(24)13-25-12-15-6-4-3-5-7-15/h3-7,14,16-17,20,24H,8-13H2,1-2H3/t16-,17+/m1/s1. The monoisotopic (exact) mass is 344 g/mol. The summed E-state index contributed by atoms with van der Waals surface area (Å²) in [6, 6.07) is 10.3. The number of hydrogen-bond acceptors (Lipinski definition) is 5. The third kappa shape index (κ3) is 5.11. The predicted molar refractivity (Wildman–Crippen MR) is 96.3 cm³/mol. The van der Waals surface area contributed by atoms with E-state index in [1.165, 1.54) is 0 Å². The molecule has 25 heavy (non-hydrogen) atoms. The third-order valence-corrected chi connectivity index (χ3v) is 4.45. The van der Waals surface area contributed by atoms with E-state index in [1.54, 1.807) is 0 Å². The summed E-state index contributed by atoms with van der Waals surface area (Å²) in [6.45, 7) is 6.43. The molecule has 0 aliphatic carbocycles. The van der Waals surface area contributed by atoms with Crippen LogP contribution in [0.2, 0.25) is 0 Å².